The molecule has 0 saturated heterocycles. The number of nitrogens with zero attached hydrogens (tertiary/aromatic N) is 2. The van der Waals surface area contributed by atoms with Crippen LogP contribution >= 0.6 is 27.3 Å². The molecule has 0 bridgehead atoms. The van der Waals surface area contributed by atoms with Gasteiger partial charge in [-0.25, -0.2) is 4.98 Å². The van der Waals surface area contributed by atoms with E-state index >= 15 is 0 Å². The van der Waals surface area contributed by atoms with Crippen molar-refractivity contribution in [1.82, 2.24) is 9.97 Å². The van der Waals surface area contributed by atoms with E-state index in [1.165, 1.54) is 4.88 Å². The zero-order valence-corrected chi connectivity index (χ0v) is 14.0. The first kappa shape index (κ1) is 14.3. The summed E-state index contributed by atoms with van der Waals surface area (Å²) >= 11 is 5.21. The highest BCUT2D eigenvalue weighted by Gasteiger charge is 2.07. The minimum absolute atomic E-state index is 0.658. The van der Waals surface area contributed by atoms with Crippen molar-refractivity contribution in [1.29, 1.82) is 0 Å². The van der Waals surface area contributed by atoms with Gasteiger partial charge in [0, 0.05) is 16.8 Å². The fourth-order valence-corrected chi connectivity index (χ4v) is 3.49. The van der Waals surface area contributed by atoms with Crippen molar-refractivity contribution in [2.75, 3.05) is 17.2 Å². The van der Waals surface area contributed by atoms with Crippen molar-refractivity contribution in [3.63, 3.8) is 0 Å². The van der Waals surface area contributed by atoms with Gasteiger partial charge in [-0.3, -0.25) is 0 Å². The molecule has 0 amide bonds. The van der Waals surface area contributed by atoms with E-state index in [2.05, 4.69) is 48.7 Å². The first-order valence-electron chi connectivity index (χ1n) is 6.75. The lowest BCUT2D eigenvalue weighted by Gasteiger charge is -2.10. The summed E-state index contributed by atoms with van der Waals surface area (Å²) in [5.74, 6) is 1.52. The minimum atomic E-state index is 0.658. The van der Waals surface area contributed by atoms with Crippen molar-refractivity contribution in [2.45, 2.75) is 13.5 Å². The minimum Gasteiger partial charge on any atom is -0.364 e. The molecule has 108 valence electrons. The standard InChI is InChI=1S/C15H15BrN4S/c1-2-17-15-19-12-6-4-3-5-11(12)14(20-15)18-9-10-7-8-13(16)21-10/h3-8H,2,9H2,1H3,(H2,17,18,19,20). The third-order valence-corrected chi connectivity index (χ3v) is 4.62. The summed E-state index contributed by atoms with van der Waals surface area (Å²) in [5, 5.41) is 7.63. The Labute approximate surface area is 135 Å². The Morgan fingerprint density at radius 1 is 1.10 bits per heavy atom. The molecule has 1 aromatic carbocycles. The Morgan fingerprint density at radius 3 is 2.71 bits per heavy atom. The third-order valence-electron chi connectivity index (χ3n) is 3.00. The van der Waals surface area contributed by atoms with Crippen molar-refractivity contribution in [3.8, 4) is 0 Å². The van der Waals surface area contributed by atoms with Gasteiger partial charge in [0.25, 0.3) is 0 Å². The predicted molar refractivity (Wildman–Crippen MR) is 93.0 cm³/mol. The summed E-state index contributed by atoms with van der Waals surface area (Å²) in [5.41, 5.74) is 0.943. The molecule has 0 spiro atoms. The highest BCUT2D eigenvalue weighted by molar-refractivity contribution is 9.11. The van der Waals surface area contributed by atoms with Gasteiger partial charge in [0.2, 0.25) is 5.95 Å². The Bertz CT molecular complexity index is 756. The molecular weight excluding hydrogens is 348 g/mol. The maximum atomic E-state index is 4.57. The average molecular weight is 363 g/mol. The zero-order valence-electron chi connectivity index (χ0n) is 11.6. The van der Waals surface area contributed by atoms with Crippen molar-refractivity contribution >= 4 is 49.9 Å². The summed E-state index contributed by atoms with van der Waals surface area (Å²) in [6.07, 6.45) is 0. The Balaban J connectivity index is 1.91. The molecule has 6 heteroatoms. The first-order chi connectivity index (χ1) is 10.3. The van der Waals surface area contributed by atoms with Crippen LogP contribution in [0.25, 0.3) is 10.9 Å². The summed E-state index contributed by atoms with van der Waals surface area (Å²) < 4.78 is 1.14. The molecule has 2 aromatic heterocycles. The van der Waals surface area contributed by atoms with Crippen molar-refractivity contribution in [3.05, 3.63) is 45.1 Å². The SMILES string of the molecule is CCNc1nc(NCc2ccc(Br)s2)c2ccccc2n1. The number of benzene rings is 1. The molecule has 0 aliphatic rings. The number of para-hydroxylation sites is 1. The number of halogens is 1. The second kappa shape index (κ2) is 6.41. The number of fused-ring (bicyclic) bond motifs is 1. The van der Waals surface area contributed by atoms with Gasteiger partial charge in [0.05, 0.1) is 15.8 Å². The van der Waals surface area contributed by atoms with Gasteiger partial charge in [0.1, 0.15) is 5.82 Å². The van der Waals surface area contributed by atoms with Crippen LogP contribution in [0.5, 0.6) is 0 Å². The van der Waals surface area contributed by atoms with Crippen molar-refractivity contribution < 1.29 is 0 Å². The summed E-state index contributed by atoms with van der Waals surface area (Å²) in [6.45, 7) is 3.59. The second-order valence-electron chi connectivity index (χ2n) is 4.50. The Hall–Kier alpha value is -1.66. The molecular formula is C15H15BrN4S. The average Bonchev–Trinajstić information content (AvgIpc) is 2.91. The first-order valence-corrected chi connectivity index (χ1v) is 8.36. The number of hydrogen-bond donors (Lipinski definition) is 2. The van der Waals surface area contributed by atoms with Gasteiger partial charge in [0.15, 0.2) is 0 Å². The van der Waals surface area contributed by atoms with E-state index < -0.39 is 0 Å². The Kier molecular flexibility index (Phi) is 4.36. The van der Waals surface area contributed by atoms with Crippen LogP contribution < -0.4 is 10.6 Å². The fourth-order valence-electron chi connectivity index (χ4n) is 2.07. The topological polar surface area (TPSA) is 49.8 Å². The lowest BCUT2D eigenvalue weighted by molar-refractivity contribution is 1.08. The molecule has 0 aliphatic heterocycles. The molecule has 21 heavy (non-hydrogen) atoms. The van der Waals surface area contributed by atoms with Crippen LogP contribution in [0, 0.1) is 0 Å². The molecule has 0 radical (unpaired) electrons. The number of nitrogens with one attached hydrogen (secondary N) is 2. The van der Waals surface area contributed by atoms with Crippen LogP contribution in [0.2, 0.25) is 0 Å². The molecule has 3 aromatic rings. The van der Waals surface area contributed by atoms with Crippen LogP contribution in [0.15, 0.2) is 40.2 Å². The largest absolute Gasteiger partial charge is 0.364 e. The van der Waals surface area contributed by atoms with Crippen LogP contribution in [0.1, 0.15) is 11.8 Å². The number of aromatic nitrogens is 2. The van der Waals surface area contributed by atoms with Crippen LogP contribution in [0.4, 0.5) is 11.8 Å². The normalized spacial score (nSPS) is 10.8. The summed E-state index contributed by atoms with van der Waals surface area (Å²) in [4.78, 5) is 10.3. The van der Waals surface area contributed by atoms with E-state index in [0.29, 0.717) is 5.95 Å². The lowest BCUT2D eigenvalue weighted by Crippen LogP contribution is -2.07. The number of rotatable bonds is 5. The van der Waals surface area contributed by atoms with E-state index in [4.69, 9.17) is 0 Å². The van der Waals surface area contributed by atoms with Gasteiger partial charge >= 0.3 is 0 Å². The zero-order chi connectivity index (χ0) is 14.7. The lowest BCUT2D eigenvalue weighted by atomic mass is 10.2. The fraction of sp³-hybridized carbons (Fsp3) is 0.200. The Morgan fingerprint density at radius 2 is 1.95 bits per heavy atom. The van der Waals surface area contributed by atoms with Gasteiger partial charge in [-0.05, 0) is 47.1 Å². The molecule has 0 saturated carbocycles. The predicted octanol–water partition coefficient (Wildman–Crippen LogP) is 4.50. The van der Waals surface area contributed by atoms with E-state index in [0.717, 1.165) is 33.6 Å². The van der Waals surface area contributed by atoms with E-state index in [9.17, 15) is 0 Å². The molecule has 3 rings (SSSR count). The maximum Gasteiger partial charge on any atom is 0.225 e. The monoisotopic (exact) mass is 362 g/mol. The molecule has 2 heterocycles. The molecule has 0 atom stereocenters. The van der Waals surface area contributed by atoms with Gasteiger partial charge in [-0.2, -0.15) is 4.98 Å². The number of anilines is 2. The van der Waals surface area contributed by atoms with Crippen LogP contribution in [0.3, 0.4) is 0 Å². The third kappa shape index (κ3) is 3.33. The second-order valence-corrected chi connectivity index (χ2v) is 7.05. The number of thiophene rings is 1. The van der Waals surface area contributed by atoms with Crippen molar-refractivity contribution in [2.24, 2.45) is 0 Å². The summed E-state index contributed by atoms with van der Waals surface area (Å²) in [7, 11) is 0. The maximum absolute atomic E-state index is 4.57. The molecule has 4 nitrogen and oxygen atoms in total. The highest BCUT2D eigenvalue weighted by Crippen LogP contribution is 2.25. The quantitative estimate of drug-likeness (QED) is 0.701. The molecule has 0 fully saturated rings. The molecule has 2 N–H and O–H groups in total. The van der Waals surface area contributed by atoms with E-state index in [-0.39, 0.29) is 0 Å². The van der Waals surface area contributed by atoms with Gasteiger partial charge in [-0.1, -0.05) is 12.1 Å². The van der Waals surface area contributed by atoms with E-state index in [1.807, 2.05) is 31.2 Å². The highest BCUT2D eigenvalue weighted by atomic mass is 79.9. The van der Waals surface area contributed by atoms with Crippen LogP contribution in [-0.4, -0.2) is 16.5 Å². The smallest absolute Gasteiger partial charge is 0.225 e. The molecule has 0 aliphatic carbocycles. The van der Waals surface area contributed by atoms with Gasteiger partial charge < -0.3 is 10.6 Å². The van der Waals surface area contributed by atoms with Gasteiger partial charge in [-0.15, -0.1) is 11.3 Å². The number of hydrogen-bond acceptors (Lipinski definition) is 5. The molecule has 0 unspecified atom stereocenters. The van der Waals surface area contributed by atoms with E-state index in [1.54, 1.807) is 11.3 Å². The summed E-state index contributed by atoms with van der Waals surface area (Å²) in [6, 6.07) is 12.2. The van der Waals surface area contributed by atoms with Crippen LogP contribution in [-0.2, 0) is 6.54 Å².